The minimum atomic E-state index is 0.758. The van der Waals surface area contributed by atoms with Crippen molar-refractivity contribution in [2.45, 2.75) is 53.4 Å². The van der Waals surface area contributed by atoms with Gasteiger partial charge in [0.15, 0.2) is 0 Å². The van der Waals surface area contributed by atoms with Gasteiger partial charge in [-0.05, 0) is 25.7 Å². The Balaban J connectivity index is 3.70. The molecule has 0 aromatic carbocycles. The normalized spacial score (nSPS) is 9.87. The first kappa shape index (κ1) is 14.4. The van der Waals surface area contributed by atoms with Crippen molar-refractivity contribution in [2.24, 2.45) is 0 Å². The first-order valence-electron chi connectivity index (χ1n) is 6.21. The summed E-state index contributed by atoms with van der Waals surface area (Å²) in [5.74, 6) is 0. The van der Waals surface area contributed by atoms with Crippen LogP contribution in [0, 0.1) is 0 Å². The first-order chi connectivity index (χ1) is 7.28. The molecular formula is C14H26O. The molecule has 0 N–H and O–H groups in total. The molecule has 0 radical (unpaired) electrons. The molecule has 0 aromatic heterocycles. The summed E-state index contributed by atoms with van der Waals surface area (Å²) in [5, 5.41) is 0. The van der Waals surface area contributed by atoms with Crippen LogP contribution in [-0.2, 0) is 4.74 Å². The Morgan fingerprint density at radius 3 is 1.33 bits per heavy atom. The number of hydrogen-bond donors (Lipinski definition) is 0. The van der Waals surface area contributed by atoms with E-state index in [1.807, 2.05) is 0 Å². The molecule has 0 aliphatic rings. The van der Waals surface area contributed by atoms with E-state index in [0.717, 1.165) is 38.9 Å². The Hall–Kier alpha value is -0.560. The Morgan fingerprint density at radius 2 is 1.07 bits per heavy atom. The molecule has 15 heavy (non-hydrogen) atoms. The average Bonchev–Trinajstić information content (AvgIpc) is 2.29. The lowest BCUT2D eigenvalue weighted by molar-refractivity contribution is 0.192. The van der Waals surface area contributed by atoms with Gasteiger partial charge in [-0.25, -0.2) is 0 Å². The molecule has 0 unspecified atom stereocenters. The Kier molecular flexibility index (Phi) is 9.60. The zero-order valence-electron chi connectivity index (χ0n) is 10.8. The number of rotatable bonds is 8. The van der Waals surface area contributed by atoms with E-state index in [0.29, 0.717) is 0 Å². The van der Waals surface area contributed by atoms with Crippen molar-refractivity contribution in [1.82, 2.24) is 0 Å². The zero-order chi connectivity index (χ0) is 11.5. The predicted octanol–water partition coefficient (Wildman–Crippen LogP) is 4.50. The highest BCUT2D eigenvalue weighted by Crippen LogP contribution is 2.06. The molecule has 0 rings (SSSR count). The fourth-order valence-electron chi connectivity index (χ4n) is 1.50. The van der Waals surface area contributed by atoms with Crippen molar-refractivity contribution in [2.75, 3.05) is 13.2 Å². The van der Waals surface area contributed by atoms with Crippen LogP contribution in [-0.4, -0.2) is 13.2 Å². The lowest BCUT2D eigenvalue weighted by atomic mass is 10.1. The first-order valence-corrected chi connectivity index (χ1v) is 6.21. The number of hydrogen-bond acceptors (Lipinski definition) is 1. The van der Waals surface area contributed by atoms with E-state index in [1.54, 1.807) is 0 Å². The maximum absolute atomic E-state index is 5.55. The van der Waals surface area contributed by atoms with Gasteiger partial charge in [0.05, 0.1) is 13.2 Å². The van der Waals surface area contributed by atoms with Crippen molar-refractivity contribution in [3.05, 3.63) is 23.3 Å². The quantitative estimate of drug-likeness (QED) is 0.423. The largest absolute Gasteiger partial charge is 0.373 e. The average molecular weight is 210 g/mol. The van der Waals surface area contributed by atoms with Crippen LogP contribution in [0.25, 0.3) is 0 Å². The molecule has 0 aromatic rings. The SMILES string of the molecule is CCC(=CCOCC=C(CC)CC)CC. The second-order valence-corrected chi connectivity index (χ2v) is 3.68. The van der Waals surface area contributed by atoms with E-state index in [9.17, 15) is 0 Å². The van der Waals surface area contributed by atoms with Crippen molar-refractivity contribution in [1.29, 1.82) is 0 Å². The Labute approximate surface area is 95.2 Å². The second kappa shape index (κ2) is 9.97. The topological polar surface area (TPSA) is 9.23 Å². The Morgan fingerprint density at radius 1 is 0.733 bits per heavy atom. The summed E-state index contributed by atoms with van der Waals surface area (Å²) in [6, 6.07) is 0. The van der Waals surface area contributed by atoms with Gasteiger partial charge >= 0.3 is 0 Å². The monoisotopic (exact) mass is 210 g/mol. The molecule has 1 heteroatoms. The lowest BCUT2D eigenvalue weighted by Crippen LogP contribution is -1.94. The van der Waals surface area contributed by atoms with Crippen LogP contribution < -0.4 is 0 Å². The van der Waals surface area contributed by atoms with Gasteiger partial charge in [-0.15, -0.1) is 0 Å². The van der Waals surface area contributed by atoms with E-state index in [4.69, 9.17) is 4.74 Å². The number of allylic oxidation sites excluding steroid dienone is 2. The third-order valence-electron chi connectivity index (χ3n) is 2.80. The molecule has 1 nitrogen and oxygen atoms in total. The maximum Gasteiger partial charge on any atom is 0.0654 e. The third kappa shape index (κ3) is 7.38. The van der Waals surface area contributed by atoms with Crippen molar-refractivity contribution < 1.29 is 4.74 Å². The molecule has 0 saturated carbocycles. The molecule has 0 aliphatic carbocycles. The van der Waals surface area contributed by atoms with E-state index in [2.05, 4.69) is 39.8 Å². The van der Waals surface area contributed by atoms with Gasteiger partial charge in [-0.2, -0.15) is 0 Å². The molecule has 0 spiro atoms. The molecule has 0 amide bonds. The van der Waals surface area contributed by atoms with Crippen molar-refractivity contribution in [3.8, 4) is 0 Å². The van der Waals surface area contributed by atoms with Gasteiger partial charge in [-0.3, -0.25) is 0 Å². The van der Waals surface area contributed by atoms with Gasteiger partial charge in [-0.1, -0.05) is 51.0 Å². The molecule has 0 heterocycles. The van der Waals surface area contributed by atoms with Crippen LogP contribution in [0.4, 0.5) is 0 Å². The van der Waals surface area contributed by atoms with Crippen LogP contribution >= 0.6 is 0 Å². The smallest absolute Gasteiger partial charge is 0.0654 e. The van der Waals surface area contributed by atoms with Crippen LogP contribution in [0.3, 0.4) is 0 Å². The molecular weight excluding hydrogens is 184 g/mol. The summed E-state index contributed by atoms with van der Waals surface area (Å²) in [4.78, 5) is 0. The fourth-order valence-corrected chi connectivity index (χ4v) is 1.50. The van der Waals surface area contributed by atoms with Gasteiger partial charge in [0.25, 0.3) is 0 Å². The van der Waals surface area contributed by atoms with E-state index < -0.39 is 0 Å². The summed E-state index contributed by atoms with van der Waals surface area (Å²) < 4.78 is 5.55. The summed E-state index contributed by atoms with van der Waals surface area (Å²) in [7, 11) is 0. The van der Waals surface area contributed by atoms with E-state index >= 15 is 0 Å². The van der Waals surface area contributed by atoms with Gasteiger partial charge in [0.2, 0.25) is 0 Å². The highest BCUT2D eigenvalue weighted by molar-refractivity contribution is 5.02. The number of ether oxygens (including phenoxy) is 1. The third-order valence-corrected chi connectivity index (χ3v) is 2.80. The summed E-state index contributed by atoms with van der Waals surface area (Å²) >= 11 is 0. The van der Waals surface area contributed by atoms with Crippen LogP contribution in [0.5, 0.6) is 0 Å². The molecule has 88 valence electrons. The molecule has 0 fully saturated rings. The van der Waals surface area contributed by atoms with E-state index in [1.165, 1.54) is 11.1 Å². The maximum atomic E-state index is 5.55. The van der Waals surface area contributed by atoms with Crippen molar-refractivity contribution in [3.63, 3.8) is 0 Å². The minimum Gasteiger partial charge on any atom is -0.373 e. The second-order valence-electron chi connectivity index (χ2n) is 3.68. The van der Waals surface area contributed by atoms with Gasteiger partial charge in [0.1, 0.15) is 0 Å². The summed E-state index contributed by atoms with van der Waals surface area (Å²) in [6.45, 7) is 10.3. The van der Waals surface area contributed by atoms with Crippen molar-refractivity contribution >= 4 is 0 Å². The molecule has 0 bridgehead atoms. The van der Waals surface area contributed by atoms with E-state index in [-0.39, 0.29) is 0 Å². The van der Waals surface area contributed by atoms with Gasteiger partial charge < -0.3 is 4.74 Å². The minimum absolute atomic E-state index is 0.758. The van der Waals surface area contributed by atoms with Crippen LogP contribution in [0.15, 0.2) is 23.3 Å². The standard InChI is InChI=1S/C14H26O/c1-5-13(6-2)9-11-15-12-10-14(7-3)8-4/h9-10H,5-8,11-12H2,1-4H3. The Bertz CT molecular complexity index is 167. The lowest BCUT2D eigenvalue weighted by Gasteiger charge is -2.02. The zero-order valence-corrected chi connectivity index (χ0v) is 10.8. The highest BCUT2D eigenvalue weighted by Gasteiger charge is 1.91. The summed E-state index contributed by atoms with van der Waals surface area (Å²) in [6.07, 6.45) is 9.00. The molecule has 0 saturated heterocycles. The molecule has 0 aliphatic heterocycles. The van der Waals surface area contributed by atoms with Crippen LogP contribution in [0.2, 0.25) is 0 Å². The highest BCUT2D eigenvalue weighted by atomic mass is 16.5. The molecule has 0 atom stereocenters. The predicted molar refractivity (Wildman–Crippen MR) is 68.1 cm³/mol. The van der Waals surface area contributed by atoms with Gasteiger partial charge in [0, 0.05) is 0 Å². The van der Waals surface area contributed by atoms with Crippen LogP contribution in [0.1, 0.15) is 53.4 Å². The fraction of sp³-hybridized carbons (Fsp3) is 0.714. The summed E-state index contributed by atoms with van der Waals surface area (Å²) in [5.41, 5.74) is 2.98.